The summed E-state index contributed by atoms with van der Waals surface area (Å²) < 4.78 is 22.1. The number of rotatable bonds is 7. The topological polar surface area (TPSA) is 63.4 Å². The fraction of sp³-hybridized carbons (Fsp3) is 1.00. The molecule has 1 unspecified atom stereocenters. The molecule has 0 aromatic heterocycles. The average Bonchev–Trinajstić information content (AvgIpc) is 2.09. The number of hydrogen-bond acceptors (Lipinski definition) is 3. The molecule has 0 aliphatic rings. The Morgan fingerprint density at radius 2 is 1.93 bits per heavy atom. The molecular formula is C9H22N2O2S. The van der Waals surface area contributed by atoms with Crippen molar-refractivity contribution in [1.29, 1.82) is 0 Å². The molecule has 0 aliphatic carbocycles. The van der Waals surface area contributed by atoms with Gasteiger partial charge >= 0.3 is 0 Å². The predicted octanol–water partition coefficient (Wildman–Crippen LogP) is 0.785. The highest BCUT2D eigenvalue weighted by Gasteiger charge is 2.18. The van der Waals surface area contributed by atoms with Crippen LogP contribution in [0.3, 0.4) is 0 Å². The lowest BCUT2D eigenvalue weighted by atomic mass is 10.2. The quantitative estimate of drug-likeness (QED) is 0.692. The van der Waals surface area contributed by atoms with E-state index >= 15 is 0 Å². The normalized spacial score (nSPS) is 14.6. The first kappa shape index (κ1) is 13.9. The zero-order valence-corrected chi connectivity index (χ0v) is 10.2. The number of nitrogens with two attached hydrogens (primary N) is 1. The van der Waals surface area contributed by atoms with Crippen molar-refractivity contribution in [3.05, 3.63) is 0 Å². The summed E-state index contributed by atoms with van der Waals surface area (Å²) in [7, 11) is -1.31. The number of hydrogen-bond donors (Lipinski definition) is 1. The zero-order valence-electron chi connectivity index (χ0n) is 9.36. The van der Waals surface area contributed by atoms with E-state index in [0.717, 1.165) is 19.5 Å². The largest absolute Gasteiger partial charge is 0.307 e. The molecule has 0 saturated heterocycles. The van der Waals surface area contributed by atoms with Gasteiger partial charge < -0.3 is 4.90 Å². The van der Waals surface area contributed by atoms with E-state index in [1.165, 1.54) is 0 Å². The number of primary sulfonamides is 1. The van der Waals surface area contributed by atoms with Crippen LogP contribution in [0.1, 0.15) is 33.1 Å². The van der Waals surface area contributed by atoms with Crippen LogP contribution in [0.5, 0.6) is 0 Å². The first-order chi connectivity index (χ1) is 6.41. The van der Waals surface area contributed by atoms with Gasteiger partial charge in [0, 0.05) is 0 Å². The molecule has 0 rings (SSSR count). The van der Waals surface area contributed by atoms with Crippen molar-refractivity contribution in [3.8, 4) is 0 Å². The van der Waals surface area contributed by atoms with Gasteiger partial charge in [0.05, 0.1) is 5.25 Å². The molecule has 2 N–H and O–H groups in total. The Morgan fingerprint density at radius 1 is 1.36 bits per heavy atom. The van der Waals surface area contributed by atoms with Crippen molar-refractivity contribution >= 4 is 10.0 Å². The van der Waals surface area contributed by atoms with Crippen LogP contribution in [0.2, 0.25) is 0 Å². The Labute approximate surface area is 87.5 Å². The summed E-state index contributed by atoms with van der Waals surface area (Å²) in [6.45, 7) is 5.87. The highest BCUT2D eigenvalue weighted by atomic mass is 32.2. The summed E-state index contributed by atoms with van der Waals surface area (Å²) in [6.07, 6.45) is 2.16. The SMILES string of the molecule is CCC(CCCN(C)CC)S(N)(=O)=O. The Bertz CT molecular complexity index is 239. The van der Waals surface area contributed by atoms with Crippen LogP contribution >= 0.6 is 0 Å². The zero-order chi connectivity index (χ0) is 11.2. The third-order valence-electron chi connectivity index (χ3n) is 2.53. The van der Waals surface area contributed by atoms with Gasteiger partial charge in [-0.1, -0.05) is 13.8 Å². The molecule has 5 heteroatoms. The maximum Gasteiger partial charge on any atom is 0.211 e. The van der Waals surface area contributed by atoms with E-state index in [1.54, 1.807) is 0 Å². The van der Waals surface area contributed by atoms with Gasteiger partial charge in [-0.25, -0.2) is 13.6 Å². The van der Waals surface area contributed by atoms with Crippen molar-refractivity contribution in [2.45, 2.75) is 38.4 Å². The van der Waals surface area contributed by atoms with Gasteiger partial charge in [0.25, 0.3) is 0 Å². The van der Waals surface area contributed by atoms with E-state index in [9.17, 15) is 8.42 Å². The molecule has 0 spiro atoms. The summed E-state index contributed by atoms with van der Waals surface area (Å²) in [5.41, 5.74) is 0. The van der Waals surface area contributed by atoms with E-state index in [0.29, 0.717) is 12.8 Å². The van der Waals surface area contributed by atoms with E-state index in [2.05, 4.69) is 11.8 Å². The second-order valence-electron chi connectivity index (χ2n) is 3.66. The molecule has 0 aromatic carbocycles. The Balaban J connectivity index is 3.87. The molecule has 1 atom stereocenters. The van der Waals surface area contributed by atoms with Crippen LogP contribution in [-0.2, 0) is 10.0 Å². The summed E-state index contributed by atoms with van der Waals surface area (Å²) in [6, 6.07) is 0. The predicted molar refractivity (Wildman–Crippen MR) is 59.6 cm³/mol. The third kappa shape index (κ3) is 5.57. The summed E-state index contributed by atoms with van der Waals surface area (Å²) in [5.74, 6) is 0. The van der Waals surface area contributed by atoms with Crippen molar-refractivity contribution in [3.63, 3.8) is 0 Å². The Morgan fingerprint density at radius 3 is 2.29 bits per heavy atom. The molecule has 0 aromatic rings. The molecule has 0 saturated carbocycles. The maximum atomic E-state index is 11.1. The van der Waals surface area contributed by atoms with Crippen molar-refractivity contribution in [2.75, 3.05) is 20.1 Å². The minimum absolute atomic E-state index is 0.368. The third-order valence-corrected chi connectivity index (χ3v) is 4.02. The van der Waals surface area contributed by atoms with Crippen LogP contribution in [0.15, 0.2) is 0 Å². The minimum Gasteiger partial charge on any atom is -0.307 e. The molecule has 86 valence electrons. The number of nitrogens with zero attached hydrogens (tertiary/aromatic N) is 1. The second-order valence-corrected chi connectivity index (χ2v) is 5.50. The first-order valence-electron chi connectivity index (χ1n) is 5.12. The van der Waals surface area contributed by atoms with Gasteiger partial charge in [-0.3, -0.25) is 0 Å². The van der Waals surface area contributed by atoms with E-state index < -0.39 is 10.0 Å². The van der Waals surface area contributed by atoms with Crippen LogP contribution < -0.4 is 5.14 Å². The highest BCUT2D eigenvalue weighted by Crippen LogP contribution is 2.09. The lowest BCUT2D eigenvalue weighted by molar-refractivity contribution is 0.341. The van der Waals surface area contributed by atoms with Crippen molar-refractivity contribution in [2.24, 2.45) is 5.14 Å². The summed E-state index contributed by atoms with van der Waals surface area (Å²) in [5, 5.41) is 4.73. The molecule has 4 nitrogen and oxygen atoms in total. The first-order valence-corrected chi connectivity index (χ1v) is 6.72. The Kier molecular flexibility index (Phi) is 6.31. The lowest BCUT2D eigenvalue weighted by Gasteiger charge is -2.16. The van der Waals surface area contributed by atoms with Gasteiger partial charge in [-0.2, -0.15) is 0 Å². The molecule has 0 radical (unpaired) electrons. The van der Waals surface area contributed by atoms with Gasteiger partial charge in [-0.15, -0.1) is 0 Å². The van der Waals surface area contributed by atoms with Gasteiger partial charge in [-0.05, 0) is 39.4 Å². The van der Waals surface area contributed by atoms with Gasteiger partial charge in [0.1, 0.15) is 0 Å². The lowest BCUT2D eigenvalue weighted by Crippen LogP contribution is -2.29. The van der Waals surface area contributed by atoms with Crippen LogP contribution in [0, 0.1) is 0 Å². The van der Waals surface area contributed by atoms with E-state index in [4.69, 9.17) is 5.14 Å². The summed E-state index contributed by atoms with van der Waals surface area (Å²) in [4.78, 5) is 2.16. The van der Waals surface area contributed by atoms with Crippen molar-refractivity contribution < 1.29 is 8.42 Å². The molecule has 0 fully saturated rings. The molecule has 14 heavy (non-hydrogen) atoms. The molecule has 0 bridgehead atoms. The van der Waals surface area contributed by atoms with Crippen LogP contribution in [0.4, 0.5) is 0 Å². The van der Waals surface area contributed by atoms with E-state index in [1.807, 2.05) is 14.0 Å². The van der Waals surface area contributed by atoms with Crippen LogP contribution in [-0.4, -0.2) is 38.7 Å². The molecule has 0 heterocycles. The van der Waals surface area contributed by atoms with E-state index in [-0.39, 0.29) is 5.25 Å². The maximum absolute atomic E-state index is 11.1. The molecule has 0 amide bonds. The number of sulfonamides is 1. The molecular weight excluding hydrogens is 200 g/mol. The minimum atomic E-state index is -3.34. The fourth-order valence-corrected chi connectivity index (χ4v) is 2.31. The highest BCUT2D eigenvalue weighted by molar-refractivity contribution is 7.89. The average molecular weight is 222 g/mol. The standard InChI is InChI=1S/C9H22N2O2S/c1-4-9(14(10,12)13)7-6-8-11(3)5-2/h9H,4-8H2,1-3H3,(H2,10,12,13). The molecule has 0 aliphatic heterocycles. The van der Waals surface area contributed by atoms with Crippen LogP contribution in [0.25, 0.3) is 0 Å². The summed E-state index contributed by atoms with van der Waals surface area (Å²) >= 11 is 0. The fourth-order valence-electron chi connectivity index (χ4n) is 1.35. The smallest absolute Gasteiger partial charge is 0.211 e. The monoisotopic (exact) mass is 222 g/mol. The van der Waals surface area contributed by atoms with Gasteiger partial charge in [0.2, 0.25) is 10.0 Å². The van der Waals surface area contributed by atoms with Gasteiger partial charge in [0.15, 0.2) is 0 Å². The second kappa shape index (κ2) is 6.37. The Hall–Kier alpha value is -0.130. The van der Waals surface area contributed by atoms with Crippen molar-refractivity contribution in [1.82, 2.24) is 4.90 Å².